The molecule has 0 aliphatic heterocycles. The fraction of sp³-hybridized carbons (Fsp3) is 0.154. The number of nitrogens with zero attached hydrogens (tertiary/aromatic N) is 1. The van der Waals surface area contributed by atoms with E-state index < -0.39 is 9.84 Å². The molecule has 0 aliphatic rings. The molecule has 17 heavy (non-hydrogen) atoms. The molecule has 0 unspecified atom stereocenters. The van der Waals surface area contributed by atoms with Crippen molar-refractivity contribution in [1.29, 1.82) is 0 Å². The van der Waals surface area contributed by atoms with Crippen LogP contribution in [0.3, 0.4) is 0 Å². The maximum absolute atomic E-state index is 11.4. The Hall–Kier alpha value is -1.68. The Morgan fingerprint density at radius 3 is 2.29 bits per heavy atom. The van der Waals surface area contributed by atoms with Crippen LogP contribution in [0.1, 0.15) is 5.56 Å². The third-order valence-corrected chi connectivity index (χ3v) is 3.61. The van der Waals surface area contributed by atoms with Gasteiger partial charge in [-0.3, -0.25) is 4.98 Å². The van der Waals surface area contributed by atoms with Crippen molar-refractivity contribution in [2.24, 2.45) is 0 Å². The smallest absolute Gasteiger partial charge is 0.177 e. The second-order valence-corrected chi connectivity index (χ2v) is 5.99. The average Bonchev–Trinajstić information content (AvgIpc) is 2.29. The molecule has 0 fully saturated rings. The van der Waals surface area contributed by atoms with E-state index in [9.17, 15) is 8.42 Å². The van der Waals surface area contributed by atoms with Crippen LogP contribution >= 0.6 is 0 Å². The number of aryl methyl sites for hydroxylation is 1. The Bertz CT molecular complexity index is 634. The Balaban J connectivity index is 2.54. The molecule has 2 rings (SSSR count). The van der Waals surface area contributed by atoms with Crippen molar-refractivity contribution in [3.63, 3.8) is 0 Å². The highest BCUT2D eigenvalue weighted by Gasteiger charge is 2.10. The molecule has 2 aromatic rings. The molecule has 88 valence electrons. The van der Waals surface area contributed by atoms with Gasteiger partial charge in [0, 0.05) is 18.0 Å². The second kappa shape index (κ2) is 4.30. The van der Waals surface area contributed by atoms with E-state index in [-0.39, 0.29) is 4.90 Å². The van der Waals surface area contributed by atoms with Gasteiger partial charge in [0.2, 0.25) is 0 Å². The highest BCUT2D eigenvalue weighted by molar-refractivity contribution is 7.90. The van der Waals surface area contributed by atoms with Crippen LogP contribution in [-0.4, -0.2) is 19.7 Å². The fourth-order valence-corrected chi connectivity index (χ4v) is 2.29. The van der Waals surface area contributed by atoms with Crippen LogP contribution in [0.15, 0.2) is 47.5 Å². The van der Waals surface area contributed by atoms with Crippen LogP contribution in [0.2, 0.25) is 0 Å². The van der Waals surface area contributed by atoms with Gasteiger partial charge in [-0.2, -0.15) is 0 Å². The lowest BCUT2D eigenvalue weighted by Gasteiger charge is -2.06. The minimum Gasteiger partial charge on any atom is -0.255 e. The van der Waals surface area contributed by atoms with Crippen molar-refractivity contribution in [3.05, 3.63) is 48.2 Å². The topological polar surface area (TPSA) is 47.0 Å². The quantitative estimate of drug-likeness (QED) is 0.819. The van der Waals surface area contributed by atoms with Gasteiger partial charge < -0.3 is 0 Å². The van der Waals surface area contributed by atoms with Crippen molar-refractivity contribution < 1.29 is 8.42 Å². The van der Waals surface area contributed by atoms with Crippen molar-refractivity contribution in [3.8, 4) is 11.3 Å². The molecular weight excluding hydrogens is 234 g/mol. The summed E-state index contributed by atoms with van der Waals surface area (Å²) in [6.45, 7) is 1.87. The lowest BCUT2D eigenvalue weighted by Crippen LogP contribution is -2.00. The highest BCUT2D eigenvalue weighted by Crippen LogP contribution is 2.22. The van der Waals surface area contributed by atoms with Gasteiger partial charge in [-0.25, -0.2) is 8.42 Å². The lowest BCUT2D eigenvalue weighted by atomic mass is 10.1. The van der Waals surface area contributed by atoms with Gasteiger partial charge in [-0.05, 0) is 18.6 Å². The lowest BCUT2D eigenvalue weighted by molar-refractivity contribution is 0.601. The molecule has 1 heterocycles. The summed E-state index contributed by atoms with van der Waals surface area (Å²) in [5, 5.41) is 0. The first kappa shape index (κ1) is 11.8. The van der Waals surface area contributed by atoms with Crippen LogP contribution in [0, 0.1) is 6.92 Å². The Labute approximate surface area is 101 Å². The summed E-state index contributed by atoms with van der Waals surface area (Å²) in [4.78, 5) is 4.49. The monoisotopic (exact) mass is 247 g/mol. The molecule has 0 bridgehead atoms. The summed E-state index contributed by atoms with van der Waals surface area (Å²) in [6, 6.07) is 11.4. The van der Waals surface area contributed by atoms with E-state index in [0.717, 1.165) is 16.8 Å². The maximum Gasteiger partial charge on any atom is 0.177 e. The first-order chi connectivity index (χ1) is 7.98. The number of rotatable bonds is 2. The maximum atomic E-state index is 11.4. The van der Waals surface area contributed by atoms with Crippen LogP contribution in [0.4, 0.5) is 0 Å². The van der Waals surface area contributed by atoms with Gasteiger partial charge in [0.1, 0.15) is 0 Å². The van der Waals surface area contributed by atoms with Gasteiger partial charge in [-0.15, -0.1) is 0 Å². The zero-order chi connectivity index (χ0) is 12.5. The second-order valence-electron chi connectivity index (χ2n) is 3.97. The zero-order valence-corrected chi connectivity index (χ0v) is 10.5. The molecule has 0 saturated heterocycles. The van der Waals surface area contributed by atoms with Crippen molar-refractivity contribution in [1.82, 2.24) is 4.98 Å². The van der Waals surface area contributed by atoms with Crippen LogP contribution in [0.25, 0.3) is 11.3 Å². The number of pyridine rings is 1. The SMILES string of the molecule is Cc1cc(S(C)(=O)=O)cnc1-c1ccccc1. The molecule has 0 spiro atoms. The zero-order valence-electron chi connectivity index (χ0n) is 9.71. The average molecular weight is 247 g/mol. The number of hydrogen-bond donors (Lipinski definition) is 0. The molecule has 4 heteroatoms. The molecular formula is C13H13NO2S. The summed E-state index contributed by atoms with van der Waals surface area (Å²) < 4.78 is 22.8. The molecule has 1 aromatic carbocycles. The third-order valence-electron chi connectivity index (χ3n) is 2.53. The molecule has 0 atom stereocenters. The summed E-state index contributed by atoms with van der Waals surface area (Å²) in [5.41, 5.74) is 2.67. The van der Waals surface area contributed by atoms with Crippen LogP contribution < -0.4 is 0 Å². The Morgan fingerprint density at radius 1 is 1.12 bits per heavy atom. The fourth-order valence-electron chi connectivity index (χ4n) is 1.65. The van der Waals surface area contributed by atoms with E-state index in [1.165, 1.54) is 12.5 Å². The number of aromatic nitrogens is 1. The van der Waals surface area contributed by atoms with Crippen molar-refractivity contribution in [2.75, 3.05) is 6.26 Å². The number of benzene rings is 1. The molecule has 3 nitrogen and oxygen atoms in total. The molecule has 1 aromatic heterocycles. The van der Waals surface area contributed by atoms with Gasteiger partial charge in [0.05, 0.1) is 10.6 Å². The van der Waals surface area contributed by atoms with Crippen molar-refractivity contribution in [2.45, 2.75) is 11.8 Å². The van der Waals surface area contributed by atoms with E-state index in [0.29, 0.717) is 0 Å². The minimum absolute atomic E-state index is 0.259. The molecule has 0 radical (unpaired) electrons. The van der Waals surface area contributed by atoms with Gasteiger partial charge in [0.25, 0.3) is 0 Å². The Morgan fingerprint density at radius 2 is 1.76 bits per heavy atom. The molecule has 0 aliphatic carbocycles. The summed E-state index contributed by atoms with van der Waals surface area (Å²) in [5.74, 6) is 0. The molecule has 0 N–H and O–H groups in total. The normalized spacial score (nSPS) is 11.4. The number of sulfone groups is 1. The minimum atomic E-state index is -3.19. The van der Waals surface area contributed by atoms with E-state index in [1.807, 2.05) is 37.3 Å². The summed E-state index contributed by atoms with van der Waals surface area (Å²) in [7, 11) is -3.19. The first-order valence-corrected chi connectivity index (χ1v) is 7.10. The third kappa shape index (κ3) is 2.53. The molecule has 0 saturated carbocycles. The van der Waals surface area contributed by atoms with Crippen LogP contribution in [0.5, 0.6) is 0 Å². The first-order valence-electron chi connectivity index (χ1n) is 5.20. The van der Waals surface area contributed by atoms with Crippen molar-refractivity contribution >= 4 is 9.84 Å². The summed E-state index contributed by atoms with van der Waals surface area (Å²) in [6.07, 6.45) is 2.59. The van der Waals surface area contributed by atoms with E-state index in [2.05, 4.69) is 4.98 Å². The standard InChI is InChI=1S/C13H13NO2S/c1-10-8-12(17(2,15)16)9-14-13(10)11-6-4-3-5-7-11/h3-9H,1-2H3. The van der Waals surface area contributed by atoms with E-state index >= 15 is 0 Å². The van der Waals surface area contributed by atoms with E-state index in [4.69, 9.17) is 0 Å². The van der Waals surface area contributed by atoms with Crippen LogP contribution in [-0.2, 0) is 9.84 Å². The highest BCUT2D eigenvalue weighted by atomic mass is 32.2. The predicted molar refractivity (Wildman–Crippen MR) is 67.5 cm³/mol. The molecule has 0 amide bonds. The number of hydrogen-bond acceptors (Lipinski definition) is 3. The van der Waals surface area contributed by atoms with Gasteiger partial charge in [0.15, 0.2) is 9.84 Å². The Kier molecular flexibility index (Phi) is 2.98. The van der Waals surface area contributed by atoms with Gasteiger partial charge in [-0.1, -0.05) is 30.3 Å². The van der Waals surface area contributed by atoms with Gasteiger partial charge >= 0.3 is 0 Å². The van der Waals surface area contributed by atoms with E-state index in [1.54, 1.807) is 6.07 Å². The largest absolute Gasteiger partial charge is 0.255 e. The predicted octanol–water partition coefficient (Wildman–Crippen LogP) is 2.46. The summed E-state index contributed by atoms with van der Waals surface area (Å²) >= 11 is 0.